The van der Waals surface area contributed by atoms with Gasteiger partial charge < -0.3 is 14.4 Å². The van der Waals surface area contributed by atoms with E-state index in [1.54, 1.807) is 26.1 Å². The summed E-state index contributed by atoms with van der Waals surface area (Å²) in [4.78, 5) is 18.3. The highest BCUT2D eigenvalue weighted by Crippen LogP contribution is 2.33. The van der Waals surface area contributed by atoms with E-state index in [1.165, 1.54) is 0 Å². The van der Waals surface area contributed by atoms with Gasteiger partial charge in [0.25, 0.3) is 0 Å². The molecule has 1 atom stereocenters. The molecular weight excluding hydrogens is 411 g/mol. The number of aromatic nitrogens is 1. The van der Waals surface area contributed by atoms with Crippen molar-refractivity contribution in [3.63, 3.8) is 0 Å². The molecule has 0 spiro atoms. The second kappa shape index (κ2) is 9.33. The van der Waals surface area contributed by atoms with Crippen molar-refractivity contribution in [3.8, 4) is 5.75 Å². The SMILES string of the molecule is CCOC(=O)C(C)Oc1ccc(N(CC)c2cnc3c(Cl)c(Cl)ccc3c2)cc1. The van der Waals surface area contributed by atoms with Crippen LogP contribution in [0.1, 0.15) is 20.8 Å². The van der Waals surface area contributed by atoms with Crippen molar-refractivity contribution in [3.05, 3.63) is 58.7 Å². The van der Waals surface area contributed by atoms with Crippen molar-refractivity contribution in [1.82, 2.24) is 4.98 Å². The lowest BCUT2D eigenvalue weighted by molar-refractivity contribution is -0.150. The molecule has 0 fully saturated rings. The van der Waals surface area contributed by atoms with Gasteiger partial charge in [-0.15, -0.1) is 0 Å². The Morgan fingerprint density at radius 3 is 2.48 bits per heavy atom. The summed E-state index contributed by atoms with van der Waals surface area (Å²) in [6, 6.07) is 13.2. The normalized spacial score (nSPS) is 11.9. The maximum atomic E-state index is 11.7. The lowest BCUT2D eigenvalue weighted by atomic mass is 10.2. The van der Waals surface area contributed by atoms with Crippen molar-refractivity contribution < 1.29 is 14.3 Å². The van der Waals surface area contributed by atoms with Crippen molar-refractivity contribution in [2.45, 2.75) is 26.9 Å². The zero-order chi connectivity index (χ0) is 21.0. The van der Waals surface area contributed by atoms with Crippen LogP contribution < -0.4 is 9.64 Å². The summed E-state index contributed by atoms with van der Waals surface area (Å²) in [6.07, 6.45) is 1.12. The average Bonchev–Trinajstić information content (AvgIpc) is 2.73. The highest BCUT2D eigenvalue weighted by Gasteiger charge is 2.16. The van der Waals surface area contributed by atoms with Crippen LogP contribution in [0.3, 0.4) is 0 Å². The van der Waals surface area contributed by atoms with Crippen LogP contribution in [0.25, 0.3) is 10.9 Å². The standard InChI is InChI=1S/C22H22Cl2N2O3/c1-4-26(17-12-15-6-11-19(23)20(24)21(15)25-13-17)16-7-9-18(10-8-16)29-14(3)22(27)28-5-2/h6-14H,4-5H2,1-3H3. The Morgan fingerprint density at radius 2 is 1.83 bits per heavy atom. The fourth-order valence-corrected chi connectivity index (χ4v) is 3.38. The van der Waals surface area contributed by atoms with Gasteiger partial charge >= 0.3 is 5.97 Å². The maximum absolute atomic E-state index is 11.7. The molecule has 1 aromatic heterocycles. The molecule has 0 aliphatic heterocycles. The number of anilines is 2. The number of pyridine rings is 1. The van der Waals surface area contributed by atoms with Crippen molar-refractivity contribution in [2.24, 2.45) is 0 Å². The molecule has 5 nitrogen and oxygen atoms in total. The number of carbonyl (C=O) groups excluding carboxylic acids is 1. The Kier molecular flexibility index (Phi) is 6.83. The second-order valence-electron chi connectivity index (χ2n) is 6.38. The maximum Gasteiger partial charge on any atom is 0.347 e. The zero-order valence-electron chi connectivity index (χ0n) is 16.5. The number of fused-ring (bicyclic) bond motifs is 1. The van der Waals surface area contributed by atoms with Gasteiger partial charge in [-0.25, -0.2) is 4.79 Å². The van der Waals surface area contributed by atoms with Crippen LogP contribution in [0, 0.1) is 0 Å². The summed E-state index contributed by atoms with van der Waals surface area (Å²) in [5, 5.41) is 1.86. The van der Waals surface area contributed by atoms with Crippen LogP contribution in [0.5, 0.6) is 5.75 Å². The molecule has 0 bridgehead atoms. The van der Waals surface area contributed by atoms with Gasteiger partial charge in [-0.2, -0.15) is 0 Å². The molecule has 1 unspecified atom stereocenters. The zero-order valence-corrected chi connectivity index (χ0v) is 18.0. The molecule has 7 heteroatoms. The Labute approximate surface area is 180 Å². The van der Waals surface area contributed by atoms with Gasteiger partial charge in [0.05, 0.1) is 34.1 Å². The van der Waals surface area contributed by atoms with E-state index in [2.05, 4.69) is 16.8 Å². The first kappa shape index (κ1) is 21.2. The molecule has 29 heavy (non-hydrogen) atoms. The summed E-state index contributed by atoms with van der Waals surface area (Å²) >= 11 is 12.3. The fraction of sp³-hybridized carbons (Fsp3) is 0.273. The number of hydrogen-bond acceptors (Lipinski definition) is 5. The first-order valence-electron chi connectivity index (χ1n) is 9.39. The predicted octanol–water partition coefficient (Wildman–Crippen LogP) is 6.03. The molecule has 2 aromatic carbocycles. The van der Waals surface area contributed by atoms with Crippen molar-refractivity contribution in [2.75, 3.05) is 18.1 Å². The van der Waals surface area contributed by atoms with Crippen LogP contribution in [0.2, 0.25) is 10.0 Å². The molecule has 0 amide bonds. The summed E-state index contributed by atoms with van der Waals surface area (Å²) in [7, 11) is 0. The second-order valence-corrected chi connectivity index (χ2v) is 7.16. The third-order valence-electron chi connectivity index (χ3n) is 4.44. The summed E-state index contributed by atoms with van der Waals surface area (Å²) in [5.74, 6) is 0.219. The van der Waals surface area contributed by atoms with E-state index < -0.39 is 6.10 Å². The van der Waals surface area contributed by atoms with Gasteiger partial charge in [0, 0.05) is 17.6 Å². The van der Waals surface area contributed by atoms with Crippen LogP contribution in [-0.2, 0) is 9.53 Å². The molecule has 0 aliphatic rings. The molecule has 0 saturated heterocycles. The molecule has 0 radical (unpaired) electrons. The van der Waals surface area contributed by atoms with E-state index >= 15 is 0 Å². The minimum atomic E-state index is -0.663. The lowest BCUT2D eigenvalue weighted by Crippen LogP contribution is -2.26. The van der Waals surface area contributed by atoms with Crippen LogP contribution in [-0.4, -0.2) is 30.2 Å². The molecule has 1 heterocycles. The number of esters is 1. The van der Waals surface area contributed by atoms with Gasteiger partial charge in [-0.3, -0.25) is 4.98 Å². The van der Waals surface area contributed by atoms with Crippen molar-refractivity contribution in [1.29, 1.82) is 0 Å². The number of carbonyl (C=O) groups is 1. The number of halogens is 2. The van der Waals surface area contributed by atoms with E-state index in [9.17, 15) is 4.79 Å². The number of benzene rings is 2. The molecule has 3 rings (SSSR count). The largest absolute Gasteiger partial charge is 0.479 e. The Balaban J connectivity index is 1.82. The summed E-state index contributed by atoms with van der Waals surface area (Å²) in [5.41, 5.74) is 2.59. The number of hydrogen-bond donors (Lipinski definition) is 0. The van der Waals surface area contributed by atoms with E-state index in [4.69, 9.17) is 32.7 Å². The first-order valence-corrected chi connectivity index (χ1v) is 10.1. The van der Waals surface area contributed by atoms with Gasteiger partial charge in [-0.1, -0.05) is 29.3 Å². The number of rotatable bonds is 7. The first-order chi connectivity index (χ1) is 13.9. The average molecular weight is 433 g/mol. The van der Waals surface area contributed by atoms with E-state index in [0.29, 0.717) is 27.9 Å². The smallest absolute Gasteiger partial charge is 0.347 e. The van der Waals surface area contributed by atoms with E-state index in [-0.39, 0.29) is 5.97 Å². The minimum absolute atomic E-state index is 0.328. The predicted molar refractivity (Wildman–Crippen MR) is 118 cm³/mol. The molecular formula is C22H22Cl2N2O3. The summed E-state index contributed by atoms with van der Waals surface area (Å²) in [6.45, 7) is 6.57. The van der Waals surface area contributed by atoms with Gasteiger partial charge in [-0.05, 0) is 57.2 Å². The molecule has 3 aromatic rings. The fourth-order valence-electron chi connectivity index (χ4n) is 3.01. The number of ether oxygens (including phenoxy) is 2. The Bertz CT molecular complexity index is 1010. The topological polar surface area (TPSA) is 51.7 Å². The Hall–Kier alpha value is -2.50. The van der Waals surface area contributed by atoms with Crippen LogP contribution >= 0.6 is 23.2 Å². The molecule has 0 saturated carbocycles. The molecule has 152 valence electrons. The summed E-state index contributed by atoms with van der Waals surface area (Å²) < 4.78 is 10.6. The highest BCUT2D eigenvalue weighted by atomic mass is 35.5. The van der Waals surface area contributed by atoms with E-state index in [1.807, 2.05) is 36.4 Å². The highest BCUT2D eigenvalue weighted by molar-refractivity contribution is 6.45. The monoisotopic (exact) mass is 432 g/mol. The molecule has 0 aliphatic carbocycles. The van der Waals surface area contributed by atoms with Crippen molar-refractivity contribution >= 4 is 51.4 Å². The quantitative estimate of drug-likeness (QED) is 0.426. The minimum Gasteiger partial charge on any atom is -0.479 e. The third-order valence-corrected chi connectivity index (χ3v) is 5.23. The van der Waals surface area contributed by atoms with Crippen LogP contribution in [0.15, 0.2) is 48.7 Å². The number of nitrogens with zero attached hydrogens (tertiary/aromatic N) is 2. The van der Waals surface area contributed by atoms with E-state index in [0.717, 1.165) is 23.3 Å². The third kappa shape index (κ3) is 4.74. The molecule has 0 N–H and O–H groups in total. The van der Waals surface area contributed by atoms with Gasteiger partial charge in [0.15, 0.2) is 6.10 Å². The van der Waals surface area contributed by atoms with Crippen LogP contribution in [0.4, 0.5) is 11.4 Å². The van der Waals surface area contributed by atoms with Gasteiger partial charge in [0.1, 0.15) is 5.75 Å². The lowest BCUT2D eigenvalue weighted by Gasteiger charge is -2.24. The Morgan fingerprint density at radius 1 is 1.10 bits per heavy atom. The van der Waals surface area contributed by atoms with Gasteiger partial charge in [0.2, 0.25) is 0 Å².